The van der Waals surface area contributed by atoms with Crippen LogP contribution in [-0.2, 0) is 4.79 Å². The molecule has 1 aromatic rings. The lowest BCUT2D eigenvalue weighted by Crippen LogP contribution is -2.34. The minimum absolute atomic E-state index is 0.179. The largest absolute Gasteiger partial charge is 0.355 e. The molecule has 1 amide bonds. The number of alkyl halides is 1. The summed E-state index contributed by atoms with van der Waals surface area (Å²) < 4.78 is 0. The molecule has 2 rings (SSSR count). The Morgan fingerprint density at radius 3 is 2.55 bits per heavy atom. The van der Waals surface area contributed by atoms with Crippen LogP contribution in [0.5, 0.6) is 0 Å². The Kier molecular flexibility index (Phi) is 5.64. The first kappa shape index (κ1) is 15.6. The Morgan fingerprint density at radius 2 is 1.95 bits per heavy atom. The molecule has 0 spiro atoms. The fourth-order valence-corrected chi connectivity index (χ4v) is 3.76. The third-order valence-electron chi connectivity index (χ3n) is 4.39. The summed E-state index contributed by atoms with van der Waals surface area (Å²) in [6.45, 7) is 5.15. The van der Waals surface area contributed by atoms with E-state index >= 15 is 0 Å². The molecule has 2 nitrogen and oxygen atoms in total. The number of carbonyl (C=O) groups excluding carboxylic acids is 1. The zero-order valence-corrected chi connectivity index (χ0v) is 13.9. The number of carbonyl (C=O) groups is 1. The van der Waals surface area contributed by atoms with E-state index in [1.54, 1.807) is 0 Å². The van der Waals surface area contributed by atoms with Crippen LogP contribution >= 0.6 is 15.9 Å². The second-order valence-electron chi connectivity index (χ2n) is 5.70. The Balaban J connectivity index is 1.77. The number of amides is 1. The maximum Gasteiger partial charge on any atom is 0.223 e. The van der Waals surface area contributed by atoms with Gasteiger partial charge < -0.3 is 5.32 Å². The first-order valence-electron chi connectivity index (χ1n) is 7.64. The van der Waals surface area contributed by atoms with Crippen molar-refractivity contribution < 1.29 is 4.79 Å². The monoisotopic (exact) mass is 337 g/mol. The standard InChI is InChI=1S/C17H24BrNO/c1-3-12(4-2)16(18)11-19-17(20)15-10-14(15)13-8-6-5-7-9-13/h5-9,12,14-16H,3-4,10-11H2,1-2H3,(H,19,20). The van der Waals surface area contributed by atoms with Crippen LogP contribution in [0.3, 0.4) is 0 Å². The summed E-state index contributed by atoms with van der Waals surface area (Å²) in [5.41, 5.74) is 1.29. The van der Waals surface area contributed by atoms with E-state index in [4.69, 9.17) is 0 Å². The highest BCUT2D eigenvalue weighted by Gasteiger charge is 2.43. The molecule has 1 aliphatic rings. The average molecular weight is 338 g/mol. The lowest BCUT2D eigenvalue weighted by atomic mass is 9.99. The van der Waals surface area contributed by atoms with Crippen molar-refractivity contribution in [1.82, 2.24) is 5.32 Å². The maximum absolute atomic E-state index is 12.2. The fourth-order valence-electron chi connectivity index (χ4n) is 2.85. The van der Waals surface area contributed by atoms with E-state index in [1.807, 2.05) is 18.2 Å². The van der Waals surface area contributed by atoms with Crippen LogP contribution in [0.2, 0.25) is 0 Å². The second kappa shape index (κ2) is 7.26. The zero-order chi connectivity index (χ0) is 14.5. The van der Waals surface area contributed by atoms with E-state index in [0.717, 1.165) is 25.8 Å². The molecule has 0 radical (unpaired) electrons. The normalized spacial score (nSPS) is 22.6. The number of rotatable bonds is 7. The Morgan fingerprint density at radius 1 is 1.30 bits per heavy atom. The summed E-state index contributed by atoms with van der Waals surface area (Å²) >= 11 is 3.71. The van der Waals surface area contributed by atoms with Gasteiger partial charge in [-0.25, -0.2) is 0 Å². The molecule has 3 atom stereocenters. The van der Waals surface area contributed by atoms with Gasteiger partial charge in [-0.05, 0) is 23.8 Å². The van der Waals surface area contributed by atoms with Gasteiger partial charge in [0.1, 0.15) is 0 Å². The van der Waals surface area contributed by atoms with Crippen molar-refractivity contribution in [3.05, 3.63) is 35.9 Å². The predicted octanol–water partition coefficient (Wildman–Crippen LogP) is 4.11. The van der Waals surface area contributed by atoms with Crippen LogP contribution in [0.4, 0.5) is 0 Å². The lowest BCUT2D eigenvalue weighted by molar-refractivity contribution is -0.122. The number of benzene rings is 1. The second-order valence-corrected chi connectivity index (χ2v) is 6.87. The fraction of sp³-hybridized carbons (Fsp3) is 0.588. The van der Waals surface area contributed by atoms with E-state index in [-0.39, 0.29) is 11.8 Å². The first-order valence-corrected chi connectivity index (χ1v) is 8.55. The van der Waals surface area contributed by atoms with Crippen molar-refractivity contribution in [3.63, 3.8) is 0 Å². The van der Waals surface area contributed by atoms with Gasteiger partial charge in [-0.15, -0.1) is 0 Å². The van der Waals surface area contributed by atoms with Crippen LogP contribution in [-0.4, -0.2) is 17.3 Å². The molecule has 0 aliphatic heterocycles. The quantitative estimate of drug-likeness (QED) is 0.745. The summed E-state index contributed by atoms with van der Waals surface area (Å²) in [4.78, 5) is 12.5. The van der Waals surface area contributed by atoms with Gasteiger partial charge >= 0.3 is 0 Å². The lowest BCUT2D eigenvalue weighted by Gasteiger charge is -2.19. The predicted molar refractivity (Wildman–Crippen MR) is 87.1 cm³/mol. The van der Waals surface area contributed by atoms with E-state index in [2.05, 4.69) is 47.2 Å². The van der Waals surface area contributed by atoms with Gasteiger partial charge in [0.05, 0.1) is 0 Å². The molecular weight excluding hydrogens is 314 g/mol. The maximum atomic E-state index is 12.2. The van der Waals surface area contributed by atoms with Gasteiger partial charge in [-0.1, -0.05) is 73.0 Å². The van der Waals surface area contributed by atoms with Crippen molar-refractivity contribution in [2.45, 2.75) is 43.9 Å². The van der Waals surface area contributed by atoms with Crippen molar-refractivity contribution in [2.24, 2.45) is 11.8 Å². The minimum atomic E-state index is 0.179. The van der Waals surface area contributed by atoms with E-state index in [0.29, 0.717) is 16.7 Å². The molecule has 3 heteroatoms. The molecule has 1 aromatic carbocycles. The van der Waals surface area contributed by atoms with Crippen molar-refractivity contribution in [1.29, 1.82) is 0 Å². The molecule has 1 fully saturated rings. The molecule has 1 aliphatic carbocycles. The summed E-state index contributed by atoms with van der Waals surface area (Å²) in [7, 11) is 0. The summed E-state index contributed by atoms with van der Waals surface area (Å²) in [6.07, 6.45) is 3.30. The summed E-state index contributed by atoms with van der Waals surface area (Å²) in [5.74, 6) is 1.46. The average Bonchev–Trinajstić information content (AvgIpc) is 3.27. The molecule has 20 heavy (non-hydrogen) atoms. The van der Waals surface area contributed by atoms with Gasteiger partial charge in [-0.2, -0.15) is 0 Å². The summed E-state index contributed by atoms with van der Waals surface area (Å²) in [5, 5.41) is 3.11. The van der Waals surface area contributed by atoms with Crippen LogP contribution in [0.15, 0.2) is 30.3 Å². The van der Waals surface area contributed by atoms with Gasteiger partial charge in [0.25, 0.3) is 0 Å². The van der Waals surface area contributed by atoms with Crippen LogP contribution in [0, 0.1) is 11.8 Å². The Hall–Kier alpha value is -0.830. The molecule has 0 bridgehead atoms. The number of nitrogens with one attached hydrogen (secondary N) is 1. The Labute approximate surface area is 130 Å². The van der Waals surface area contributed by atoms with Gasteiger partial charge in [-0.3, -0.25) is 4.79 Å². The molecule has 0 aromatic heterocycles. The third kappa shape index (κ3) is 3.85. The van der Waals surface area contributed by atoms with Crippen molar-refractivity contribution in [2.75, 3.05) is 6.54 Å². The number of halogens is 1. The van der Waals surface area contributed by atoms with Crippen LogP contribution < -0.4 is 5.32 Å². The smallest absolute Gasteiger partial charge is 0.223 e. The highest BCUT2D eigenvalue weighted by molar-refractivity contribution is 9.09. The minimum Gasteiger partial charge on any atom is -0.355 e. The van der Waals surface area contributed by atoms with E-state index in [9.17, 15) is 4.79 Å². The molecule has 1 saturated carbocycles. The zero-order valence-electron chi connectivity index (χ0n) is 12.3. The van der Waals surface area contributed by atoms with Crippen molar-refractivity contribution in [3.8, 4) is 0 Å². The highest BCUT2D eigenvalue weighted by Crippen LogP contribution is 2.47. The van der Waals surface area contributed by atoms with Gasteiger partial charge in [0.15, 0.2) is 0 Å². The molecule has 0 heterocycles. The van der Waals surface area contributed by atoms with Gasteiger partial charge in [0, 0.05) is 17.3 Å². The highest BCUT2D eigenvalue weighted by atomic mass is 79.9. The molecule has 1 N–H and O–H groups in total. The SMILES string of the molecule is CCC(CC)C(Br)CNC(=O)C1CC1c1ccccc1. The third-order valence-corrected chi connectivity index (χ3v) is 5.46. The van der Waals surface area contributed by atoms with E-state index in [1.165, 1.54) is 5.56 Å². The molecule has 0 saturated heterocycles. The molecule has 110 valence electrons. The van der Waals surface area contributed by atoms with Crippen molar-refractivity contribution >= 4 is 21.8 Å². The van der Waals surface area contributed by atoms with Gasteiger partial charge in [0.2, 0.25) is 5.91 Å². The number of hydrogen-bond donors (Lipinski definition) is 1. The first-order chi connectivity index (χ1) is 9.67. The van der Waals surface area contributed by atoms with Crippen LogP contribution in [0.1, 0.15) is 44.6 Å². The van der Waals surface area contributed by atoms with E-state index < -0.39 is 0 Å². The summed E-state index contributed by atoms with van der Waals surface area (Å²) in [6, 6.07) is 10.4. The Bertz CT molecular complexity index is 430. The topological polar surface area (TPSA) is 29.1 Å². The molecule has 3 unspecified atom stereocenters. The van der Waals surface area contributed by atoms with Crippen LogP contribution in [0.25, 0.3) is 0 Å². The number of hydrogen-bond acceptors (Lipinski definition) is 1. The molecular formula is C17H24BrNO.